The zero-order valence-electron chi connectivity index (χ0n) is 14.1. The molecule has 24 heavy (non-hydrogen) atoms. The second-order valence-electron chi connectivity index (χ2n) is 5.94. The Kier molecular flexibility index (Phi) is 4.93. The number of ether oxygens (including phenoxy) is 1. The lowest BCUT2D eigenvalue weighted by molar-refractivity contribution is 0.0601. The van der Waals surface area contributed by atoms with E-state index in [-0.39, 0.29) is 5.97 Å². The van der Waals surface area contributed by atoms with Crippen molar-refractivity contribution in [1.82, 2.24) is 9.97 Å². The zero-order chi connectivity index (χ0) is 16.9. The number of benzene rings is 1. The summed E-state index contributed by atoms with van der Waals surface area (Å²) in [5.74, 6) is 1.14. The summed E-state index contributed by atoms with van der Waals surface area (Å²) in [4.78, 5) is 23.1. The molecule has 2 heterocycles. The normalized spacial score (nSPS) is 14.3. The minimum atomic E-state index is -0.355. The fourth-order valence-electron chi connectivity index (χ4n) is 2.84. The maximum absolute atomic E-state index is 11.7. The smallest absolute Gasteiger partial charge is 0.337 e. The fraction of sp³-hybridized carbons (Fsp3) is 0.389. The van der Waals surface area contributed by atoms with Crippen molar-refractivity contribution < 1.29 is 9.53 Å². The predicted molar refractivity (Wildman–Crippen MR) is 93.9 cm³/mol. The summed E-state index contributed by atoms with van der Waals surface area (Å²) in [6, 6.07) is 9.09. The van der Waals surface area contributed by atoms with Crippen LogP contribution in [-0.2, 0) is 4.74 Å². The fourth-order valence-corrected chi connectivity index (χ4v) is 2.84. The largest absolute Gasteiger partial charge is 0.465 e. The molecule has 3 rings (SSSR count). The lowest BCUT2D eigenvalue weighted by Gasteiger charge is -2.27. The molecular weight excluding hydrogens is 304 g/mol. The molecule has 0 amide bonds. The minimum Gasteiger partial charge on any atom is -0.465 e. The van der Waals surface area contributed by atoms with Crippen molar-refractivity contribution in [2.75, 3.05) is 30.4 Å². The van der Waals surface area contributed by atoms with E-state index in [1.54, 1.807) is 12.1 Å². The molecule has 0 radical (unpaired) electrons. The first-order valence-corrected chi connectivity index (χ1v) is 8.22. The van der Waals surface area contributed by atoms with Crippen LogP contribution in [-0.4, -0.2) is 36.1 Å². The van der Waals surface area contributed by atoms with Crippen molar-refractivity contribution in [3.63, 3.8) is 0 Å². The quantitative estimate of drug-likeness (QED) is 0.870. The van der Waals surface area contributed by atoms with Crippen LogP contribution in [0.3, 0.4) is 0 Å². The van der Waals surface area contributed by atoms with Gasteiger partial charge < -0.3 is 15.0 Å². The highest BCUT2D eigenvalue weighted by molar-refractivity contribution is 5.90. The van der Waals surface area contributed by atoms with Crippen LogP contribution in [0.15, 0.2) is 30.3 Å². The molecule has 6 heteroatoms. The second kappa shape index (κ2) is 7.29. The van der Waals surface area contributed by atoms with Crippen molar-refractivity contribution in [2.24, 2.45) is 0 Å². The zero-order valence-corrected chi connectivity index (χ0v) is 14.1. The third kappa shape index (κ3) is 3.82. The Morgan fingerprint density at radius 1 is 1.17 bits per heavy atom. The van der Waals surface area contributed by atoms with Crippen molar-refractivity contribution in [1.29, 1.82) is 0 Å². The van der Waals surface area contributed by atoms with E-state index in [1.807, 2.05) is 25.1 Å². The van der Waals surface area contributed by atoms with Crippen molar-refractivity contribution in [3.8, 4) is 0 Å². The van der Waals surface area contributed by atoms with Gasteiger partial charge in [0.05, 0.1) is 12.7 Å². The average Bonchev–Trinajstić information content (AvgIpc) is 2.61. The molecule has 0 bridgehead atoms. The SMILES string of the molecule is COC(=O)c1cccc(Nc2cc(C)nc(N3CCCCC3)n2)c1. The summed E-state index contributed by atoms with van der Waals surface area (Å²) in [5.41, 5.74) is 2.21. The van der Waals surface area contributed by atoms with Gasteiger partial charge >= 0.3 is 5.97 Å². The van der Waals surface area contributed by atoms with Crippen molar-refractivity contribution in [3.05, 3.63) is 41.6 Å². The summed E-state index contributed by atoms with van der Waals surface area (Å²) >= 11 is 0. The Morgan fingerprint density at radius 2 is 1.96 bits per heavy atom. The van der Waals surface area contributed by atoms with E-state index in [9.17, 15) is 4.79 Å². The minimum absolute atomic E-state index is 0.355. The van der Waals surface area contributed by atoms with Gasteiger partial charge in [-0.1, -0.05) is 6.07 Å². The molecule has 0 atom stereocenters. The van der Waals surface area contributed by atoms with Crippen LogP contribution in [0.2, 0.25) is 0 Å². The number of methoxy groups -OCH3 is 1. The van der Waals surface area contributed by atoms with E-state index in [4.69, 9.17) is 4.74 Å². The van der Waals surface area contributed by atoms with Gasteiger partial charge in [0, 0.05) is 30.5 Å². The molecule has 1 aliphatic rings. The van der Waals surface area contributed by atoms with Crippen LogP contribution < -0.4 is 10.2 Å². The summed E-state index contributed by atoms with van der Waals surface area (Å²) in [6.07, 6.45) is 3.64. The van der Waals surface area contributed by atoms with Gasteiger partial charge in [-0.05, 0) is 44.4 Å². The van der Waals surface area contributed by atoms with Gasteiger partial charge in [-0.3, -0.25) is 0 Å². The number of aryl methyl sites for hydroxylation is 1. The maximum Gasteiger partial charge on any atom is 0.337 e. The average molecular weight is 326 g/mol. The van der Waals surface area contributed by atoms with Crippen LogP contribution in [0.1, 0.15) is 35.3 Å². The topological polar surface area (TPSA) is 67.3 Å². The van der Waals surface area contributed by atoms with E-state index in [0.717, 1.165) is 36.2 Å². The molecule has 1 saturated heterocycles. The Morgan fingerprint density at radius 3 is 2.71 bits per heavy atom. The van der Waals surface area contributed by atoms with Gasteiger partial charge in [-0.25, -0.2) is 9.78 Å². The number of nitrogens with one attached hydrogen (secondary N) is 1. The molecule has 1 aromatic heterocycles. The van der Waals surface area contributed by atoms with E-state index in [1.165, 1.54) is 26.4 Å². The van der Waals surface area contributed by atoms with E-state index < -0.39 is 0 Å². The monoisotopic (exact) mass is 326 g/mol. The van der Waals surface area contributed by atoms with Gasteiger partial charge in [-0.2, -0.15) is 4.98 Å². The number of nitrogens with zero attached hydrogens (tertiary/aromatic N) is 3. The molecule has 0 spiro atoms. The number of esters is 1. The number of hydrogen-bond donors (Lipinski definition) is 1. The van der Waals surface area contributed by atoms with Crippen LogP contribution in [0.25, 0.3) is 0 Å². The highest BCUT2D eigenvalue weighted by atomic mass is 16.5. The van der Waals surface area contributed by atoms with E-state index in [2.05, 4.69) is 20.2 Å². The number of hydrogen-bond acceptors (Lipinski definition) is 6. The third-order valence-corrected chi connectivity index (χ3v) is 4.04. The molecule has 126 valence electrons. The number of carbonyl (C=O) groups excluding carboxylic acids is 1. The first-order valence-electron chi connectivity index (χ1n) is 8.22. The molecule has 1 aromatic carbocycles. The van der Waals surface area contributed by atoms with Gasteiger partial charge in [0.2, 0.25) is 5.95 Å². The predicted octanol–water partition coefficient (Wildman–Crippen LogP) is 3.31. The molecule has 2 aromatic rings. The Labute approximate surface area is 141 Å². The standard InChI is InChI=1S/C18H22N4O2/c1-13-11-16(21-18(19-13)22-9-4-3-5-10-22)20-15-8-6-7-14(12-15)17(23)24-2/h6-8,11-12H,3-5,9-10H2,1-2H3,(H,19,20,21). The van der Waals surface area contributed by atoms with Crippen molar-refractivity contribution >= 4 is 23.4 Å². The van der Waals surface area contributed by atoms with Crippen LogP contribution in [0, 0.1) is 6.92 Å². The number of carbonyl (C=O) groups is 1. The highest BCUT2D eigenvalue weighted by Gasteiger charge is 2.15. The summed E-state index contributed by atoms with van der Waals surface area (Å²) < 4.78 is 4.76. The van der Waals surface area contributed by atoms with Crippen LogP contribution in [0.4, 0.5) is 17.5 Å². The third-order valence-electron chi connectivity index (χ3n) is 4.04. The van der Waals surface area contributed by atoms with Gasteiger partial charge in [-0.15, -0.1) is 0 Å². The highest BCUT2D eigenvalue weighted by Crippen LogP contribution is 2.21. The van der Waals surface area contributed by atoms with Gasteiger partial charge in [0.15, 0.2) is 0 Å². The molecule has 1 aliphatic heterocycles. The summed E-state index contributed by atoms with van der Waals surface area (Å²) in [6.45, 7) is 3.96. The lowest BCUT2D eigenvalue weighted by Crippen LogP contribution is -2.31. The molecule has 1 fully saturated rings. The number of piperidine rings is 1. The molecule has 0 unspecified atom stereocenters. The molecule has 6 nitrogen and oxygen atoms in total. The number of aromatic nitrogens is 2. The van der Waals surface area contributed by atoms with Gasteiger partial charge in [0.25, 0.3) is 0 Å². The summed E-state index contributed by atoms with van der Waals surface area (Å²) in [7, 11) is 1.38. The van der Waals surface area contributed by atoms with Crippen LogP contribution in [0.5, 0.6) is 0 Å². The van der Waals surface area contributed by atoms with E-state index >= 15 is 0 Å². The Balaban J connectivity index is 1.82. The number of rotatable bonds is 4. The Hall–Kier alpha value is -2.63. The second-order valence-corrected chi connectivity index (χ2v) is 5.94. The maximum atomic E-state index is 11.7. The van der Waals surface area contributed by atoms with E-state index in [0.29, 0.717) is 5.56 Å². The first-order chi connectivity index (χ1) is 11.7. The number of anilines is 3. The molecule has 0 saturated carbocycles. The Bertz CT molecular complexity index is 727. The van der Waals surface area contributed by atoms with Crippen LogP contribution >= 0.6 is 0 Å². The molecule has 0 aliphatic carbocycles. The first kappa shape index (κ1) is 16.2. The molecular formula is C18H22N4O2. The summed E-state index contributed by atoms with van der Waals surface area (Å²) in [5, 5.41) is 3.26. The van der Waals surface area contributed by atoms with Gasteiger partial charge in [0.1, 0.15) is 5.82 Å². The lowest BCUT2D eigenvalue weighted by atomic mass is 10.1. The van der Waals surface area contributed by atoms with Crippen molar-refractivity contribution in [2.45, 2.75) is 26.2 Å². The molecule has 1 N–H and O–H groups in total.